The highest BCUT2D eigenvalue weighted by atomic mass is 16.1. The Labute approximate surface area is 102 Å². The number of allylic oxidation sites excluding steroid dienone is 6. The SMILES string of the molecule is CCC1=CCC2CCC(=CC#N)C2=C1CC=O. The van der Waals surface area contributed by atoms with Gasteiger partial charge in [-0.3, -0.25) is 0 Å². The lowest BCUT2D eigenvalue weighted by Gasteiger charge is -2.23. The quantitative estimate of drug-likeness (QED) is 0.547. The molecule has 0 heterocycles. The molecular weight excluding hydrogens is 210 g/mol. The molecule has 2 nitrogen and oxygen atoms in total. The maximum atomic E-state index is 10.8. The first kappa shape index (κ1) is 11.9. The van der Waals surface area contributed by atoms with Gasteiger partial charge in [0.15, 0.2) is 0 Å². The molecule has 0 aromatic heterocycles. The van der Waals surface area contributed by atoms with Gasteiger partial charge in [-0.15, -0.1) is 0 Å². The molecule has 0 amide bonds. The van der Waals surface area contributed by atoms with Gasteiger partial charge in [0.2, 0.25) is 0 Å². The van der Waals surface area contributed by atoms with Gasteiger partial charge in [-0.25, -0.2) is 0 Å². The minimum absolute atomic E-state index is 0.494. The molecule has 0 saturated heterocycles. The van der Waals surface area contributed by atoms with Crippen LogP contribution < -0.4 is 0 Å². The maximum absolute atomic E-state index is 10.8. The van der Waals surface area contributed by atoms with Crippen LogP contribution in [0.25, 0.3) is 0 Å². The Balaban J connectivity index is 2.49. The van der Waals surface area contributed by atoms with E-state index in [9.17, 15) is 4.79 Å². The van der Waals surface area contributed by atoms with Crippen LogP contribution in [-0.2, 0) is 4.79 Å². The zero-order chi connectivity index (χ0) is 12.3. The van der Waals surface area contributed by atoms with Gasteiger partial charge in [0.05, 0.1) is 6.07 Å². The van der Waals surface area contributed by atoms with E-state index in [-0.39, 0.29) is 0 Å². The number of fused-ring (bicyclic) bond motifs is 1. The molecule has 17 heavy (non-hydrogen) atoms. The average Bonchev–Trinajstić information content (AvgIpc) is 2.74. The minimum Gasteiger partial charge on any atom is -0.303 e. The molecule has 1 saturated carbocycles. The van der Waals surface area contributed by atoms with Gasteiger partial charge in [0.25, 0.3) is 0 Å². The van der Waals surface area contributed by atoms with Gasteiger partial charge in [-0.1, -0.05) is 13.0 Å². The maximum Gasteiger partial charge on any atom is 0.124 e. The Kier molecular flexibility index (Phi) is 3.58. The smallest absolute Gasteiger partial charge is 0.124 e. The first-order chi connectivity index (χ1) is 8.31. The minimum atomic E-state index is 0.494. The van der Waals surface area contributed by atoms with Crippen LogP contribution in [0, 0.1) is 17.2 Å². The van der Waals surface area contributed by atoms with Crippen molar-refractivity contribution in [1.82, 2.24) is 0 Å². The zero-order valence-corrected chi connectivity index (χ0v) is 10.2. The second-order valence-electron chi connectivity index (χ2n) is 4.62. The molecule has 2 rings (SSSR count). The Morgan fingerprint density at radius 2 is 2.41 bits per heavy atom. The van der Waals surface area contributed by atoms with Crippen LogP contribution in [0.4, 0.5) is 0 Å². The Morgan fingerprint density at radius 3 is 3.06 bits per heavy atom. The second kappa shape index (κ2) is 5.14. The van der Waals surface area contributed by atoms with Gasteiger partial charge >= 0.3 is 0 Å². The summed E-state index contributed by atoms with van der Waals surface area (Å²) < 4.78 is 0. The molecule has 0 spiro atoms. The highest BCUT2D eigenvalue weighted by molar-refractivity contribution is 5.63. The summed E-state index contributed by atoms with van der Waals surface area (Å²) in [7, 11) is 0. The van der Waals surface area contributed by atoms with Crippen molar-refractivity contribution in [3.05, 3.63) is 34.4 Å². The molecule has 88 valence electrons. The van der Waals surface area contributed by atoms with Crippen LogP contribution in [0.1, 0.15) is 39.0 Å². The van der Waals surface area contributed by atoms with Crippen molar-refractivity contribution in [2.75, 3.05) is 0 Å². The van der Waals surface area contributed by atoms with Crippen LogP contribution in [-0.4, -0.2) is 6.29 Å². The molecule has 0 radical (unpaired) electrons. The summed E-state index contributed by atoms with van der Waals surface area (Å²) in [5.41, 5.74) is 4.96. The first-order valence-corrected chi connectivity index (χ1v) is 6.26. The highest BCUT2D eigenvalue weighted by Crippen LogP contribution is 2.45. The van der Waals surface area contributed by atoms with Crippen molar-refractivity contribution in [2.45, 2.75) is 39.0 Å². The van der Waals surface area contributed by atoms with Crippen molar-refractivity contribution < 1.29 is 4.79 Å². The van der Waals surface area contributed by atoms with E-state index in [1.807, 2.05) is 0 Å². The van der Waals surface area contributed by atoms with Crippen molar-refractivity contribution in [1.29, 1.82) is 5.26 Å². The third-order valence-corrected chi connectivity index (χ3v) is 3.78. The van der Waals surface area contributed by atoms with Gasteiger partial charge in [0.1, 0.15) is 6.29 Å². The molecule has 1 unspecified atom stereocenters. The number of hydrogen-bond acceptors (Lipinski definition) is 2. The monoisotopic (exact) mass is 227 g/mol. The van der Waals surface area contributed by atoms with E-state index < -0.39 is 0 Å². The molecule has 0 bridgehead atoms. The van der Waals surface area contributed by atoms with Crippen LogP contribution in [0.5, 0.6) is 0 Å². The molecule has 1 fully saturated rings. The normalized spacial score (nSPS) is 25.5. The number of hydrogen-bond donors (Lipinski definition) is 0. The molecule has 0 aliphatic heterocycles. The van der Waals surface area contributed by atoms with E-state index in [0.29, 0.717) is 12.3 Å². The number of nitrogens with zero attached hydrogens (tertiary/aromatic N) is 1. The van der Waals surface area contributed by atoms with Crippen LogP contribution in [0.2, 0.25) is 0 Å². The van der Waals surface area contributed by atoms with E-state index in [4.69, 9.17) is 5.26 Å². The van der Waals surface area contributed by atoms with E-state index in [1.165, 1.54) is 16.7 Å². The lowest BCUT2D eigenvalue weighted by Crippen LogP contribution is -2.08. The molecule has 2 aliphatic carbocycles. The fraction of sp³-hybridized carbons (Fsp3) is 0.467. The largest absolute Gasteiger partial charge is 0.303 e. The number of nitriles is 1. The van der Waals surface area contributed by atoms with E-state index >= 15 is 0 Å². The standard InChI is InChI=1S/C15H17NO/c1-2-11-3-4-12-5-6-13(7-9-16)15(12)14(11)8-10-17/h3,7,10,12H,2,4-6,8H2,1H3. The lowest BCUT2D eigenvalue weighted by atomic mass is 9.81. The molecule has 0 aromatic rings. The van der Waals surface area contributed by atoms with Crippen LogP contribution >= 0.6 is 0 Å². The van der Waals surface area contributed by atoms with Gasteiger partial charge < -0.3 is 4.79 Å². The molecule has 2 heteroatoms. The Bertz CT molecular complexity index is 460. The molecule has 0 aromatic carbocycles. The van der Waals surface area contributed by atoms with Gasteiger partial charge in [0, 0.05) is 12.5 Å². The predicted molar refractivity (Wildman–Crippen MR) is 67.1 cm³/mol. The highest BCUT2D eigenvalue weighted by Gasteiger charge is 2.30. The van der Waals surface area contributed by atoms with E-state index in [1.54, 1.807) is 6.08 Å². The summed E-state index contributed by atoms with van der Waals surface area (Å²) in [4.78, 5) is 10.8. The predicted octanol–water partition coefficient (Wildman–Crippen LogP) is 3.47. The molecule has 2 aliphatic rings. The fourth-order valence-corrected chi connectivity index (χ4v) is 3.04. The van der Waals surface area contributed by atoms with E-state index in [2.05, 4.69) is 19.1 Å². The van der Waals surface area contributed by atoms with Crippen molar-refractivity contribution in [2.24, 2.45) is 5.92 Å². The van der Waals surface area contributed by atoms with Crippen molar-refractivity contribution >= 4 is 6.29 Å². The summed E-state index contributed by atoms with van der Waals surface area (Å²) in [5, 5.41) is 8.82. The molecular formula is C15H17NO. The molecule has 1 atom stereocenters. The number of carbonyl (C=O) groups excluding carboxylic acids is 1. The third kappa shape index (κ3) is 2.10. The van der Waals surface area contributed by atoms with Gasteiger partial charge in [-0.2, -0.15) is 5.26 Å². The first-order valence-electron chi connectivity index (χ1n) is 6.26. The summed E-state index contributed by atoms with van der Waals surface area (Å²) in [6.07, 6.45) is 9.58. The summed E-state index contributed by atoms with van der Waals surface area (Å²) in [6.45, 7) is 2.13. The topological polar surface area (TPSA) is 40.9 Å². The average molecular weight is 227 g/mol. The van der Waals surface area contributed by atoms with Crippen molar-refractivity contribution in [3.63, 3.8) is 0 Å². The van der Waals surface area contributed by atoms with Gasteiger partial charge in [-0.05, 0) is 53.9 Å². The second-order valence-corrected chi connectivity index (χ2v) is 4.62. The summed E-state index contributed by atoms with van der Waals surface area (Å²) >= 11 is 0. The fourth-order valence-electron chi connectivity index (χ4n) is 3.04. The lowest BCUT2D eigenvalue weighted by molar-refractivity contribution is -0.107. The van der Waals surface area contributed by atoms with Crippen LogP contribution in [0.3, 0.4) is 0 Å². The zero-order valence-electron chi connectivity index (χ0n) is 10.2. The van der Waals surface area contributed by atoms with E-state index in [0.717, 1.165) is 37.5 Å². The Hall–Kier alpha value is -1.62. The molecule has 0 N–H and O–H groups in total. The summed E-state index contributed by atoms with van der Waals surface area (Å²) in [6, 6.07) is 2.13. The Morgan fingerprint density at radius 1 is 1.59 bits per heavy atom. The number of aldehydes is 1. The third-order valence-electron chi connectivity index (χ3n) is 3.78. The number of carbonyl (C=O) groups is 1. The van der Waals surface area contributed by atoms with Crippen molar-refractivity contribution in [3.8, 4) is 6.07 Å². The number of rotatable bonds is 3. The van der Waals surface area contributed by atoms with Crippen LogP contribution in [0.15, 0.2) is 34.4 Å². The summed E-state index contributed by atoms with van der Waals surface area (Å²) in [5.74, 6) is 0.542.